The highest BCUT2D eigenvalue weighted by Crippen LogP contribution is 2.03. The molecule has 0 aliphatic carbocycles. The summed E-state index contributed by atoms with van der Waals surface area (Å²) in [6.07, 6.45) is 0. The molecule has 8 nitrogen and oxygen atoms in total. The number of nitrogens with one attached hydrogen (secondary N) is 3. The Morgan fingerprint density at radius 2 is 1.16 bits per heavy atom. The van der Waals surface area contributed by atoms with Crippen LogP contribution in [0.15, 0.2) is 60.7 Å². The third-order valence-electron chi connectivity index (χ3n) is 4.84. The zero-order chi connectivity index (χ0) is 22.4. The Hall–Kier alpha value is -2.78. The topological polar surface area (TPSA) is 97.9 Å². The van der Waals surface area contributed by atoms with Gasteiger partial charge in [0.15, 0.2) is 0 Å². The third kappa shape index (κ3) is 9.15. The maximum atomic E-state index is 12.1. The molecule has 1 saturated heterocycles. The van der Waals surface area contributed by atoms with Crippen LogP contribution in [-0.4, -0.2) is 63.4 Å². The number of hydrogen-bond donors (Lipinski definition) is 3. The first-order valence-electron chi connectivity index (χ1n) is 10.8. The van der Waals surface area contributed by atoms with Crippen molar-refractivity contribution in [2.45, 2.75) is 25.3 Å². The van der Waals surface area contributed by atoms with Crippen LogP contribution >= 0.6 is 0 Å². The Kier molecular flexibility index (Phi) is 10.1. The number of hydrogen-bond acceptors (Lipinski definition) is 6. The fourth-order valence-corrected chi connectivity index (χ4v) is 3.30. The first-order chi connectivity index (χ1) is 15.7. The number of amides is 2. The van der Waals surface area contributed by atoms with Gasteiger partial charge in [0.1, 0.15) is 13.2 Å². The van der Waals surface area contributed by atoms with Gasteiger partial charge in [-0.2, -0.15) is 0 Å². The van der Waals surface area contributed by atoms with Crippen LogP contribution in [0, 0.1) is 0 Å². The first kappa shape index (κ1) is 23.9. The smallest absolute Gasteiger partial charge is 0.246 e. The standard InChI is InChI=1S/C24H31N3O5/c28-23-17-32-18-24(29)27-22(16-31-14-20-9-5-2-6-10-20)12-25-11-21(26-23)15-30-13-19-7-3-1-4-8-19/h1-10,21-22,25H,11-18H2,(H,26,28)(H,27,29). The summed E-state index contributed by atoms with van der Waals surface area (Å²) < 4.78 is 16.8. The zero-order valence-corrected chi connectivity index (χ0v) is 18.1. The minimum atomic E-state index is -0.281. The summed E-state index contributed by atoms with van der Waals surface area (Å²) in [5.41, 5.74) is 2.14. The Labute approximate surface area is 188 Å². The number of carbonyl (C=O) groups is 2. The largest absolute Gasteiger partial charge is 0.375 e. The van der Waals surface area contributed by atoms with Gasteiger partial charge in [-0.3, -0.25) is 9.59 Å². The van der Waals surface area contributed by atoms with E-state index in [4.69, 9.17) is 14.2 Å². The molecule has 1 fully saturated rings. The number of carbonyl (C=O) groups excluding carboxylic acids is 2. The third-order valence-corrected chi connectivity index (χ3v) is 4.84. The second-order valence-corrected chi connectivity index (χ2v) is 7.68. The highest BCUT2D eigenvalue weighted by atomic mass is 16.5. The van der Waals surface area contributed by atoms with Crippen molar-refractivity contribution in [3.8, 4) is 0 Å². The lowest BCUT2D eigenvalue weighted by Gasteiger charge is -2.24. The van der Waals surface area contributed by atoms with E-state index in [2.05, 4.69) is 16.0 Å². The van der Waals surface area contributed by atoms with Gasteiger partial charge in [-0.1, -0.05) is 60.7 Å². The van der Waals surface area contributed by atoms with Gasteiger partial charge >= 0.3 is 0 Å². The summed E-state index contributed by atoms with van der Waals surface area (Å²) in [5.74, 6) is -0.563. The van der Waals surface area contributed by atoms with Gasteiger partial charge in [0.2, 0.25) is 11.8 Å². The minimum absolute atomic E-state index is 0.183. The second-order valence-electron chi connectivity index (χ2n) is 7.68. The molecule has 8 heteroatoms. The van der Waals surface area contributed by atoms with E-state index in [1.807, 2.05) is 60.7 Å². The average molecular weight is 442 g/mol. The predicted molar refractivity (Wildman–Crippen MR) is 120 cm³/mol. The van der Waals surface area contributed by atoms with Crippen molar-refractivity contribution in [3.05, 3.63) is 71.8 Å². The van der Waals surface area contributed by atoms with Crippen molar-refractivity contribution in [3.63, 3.8) is 0 Å². The zero-order valence-electron chi connectivity index (χ0n) is 18.1. The quantitative estimate of drug-likeness (QED) is 0.566. The van der Waals surface area contributed by atoms with E-state index in [0.29, 0.717) is 39.5 Å². The molecule has 0 saturated carbocycles. The maximum absolute atomic E-state index is 12.1. The molecule has 0 aromatic heterocycles. The molecule has 3 N–H and O–H groups in total. The Balaban J connectivity index is 1.48. The first-order valence-corrected chi connectivity index (χ1v) is 10.8. The fourth-order valence-electron chi connectivity index (χ4n) is 3.30. The molecule has 0 radical (unpaired) electrons. The fraction of sp³-hybridized carbons (Fsp3) is 0.417. The summed E-state index contributed by atoms with van der Waals surface area (Å²) in [7, 11) is 0. The summed E-state index contributed by atoms with van der Waals surface area (Å²) in [6, 6.07) is 19.3. The monoisotopic (exact) mass is 441 g/mol. The van der Waals surface area contributed by atoms with E-state index in [-0.39, 0.29) is 37.1 Å². The van der Waals surface area contributed by atoms with Gasteiger partial charge < -0.3 is 30.2 Å². The van der Waals surface area contributed by atoms with Gasteiger partial charge in [0.05, 0.1) is 38.5 Å². The van der Waals surface area contributed by atoms with Crippen molar-refractivity contribution in [2.24, 2.45) is 0 Å². The molecule has 0 spiro atoms. The molecule has 2 atom stereocenters. The normalized spacial score (nSPS) is 20.5. The lowest BCUT2D eigenvalue weighted by atomic mass is 10.2. The van der Waals surface area contributed by atoms with Gasteiger partial charge in [0, 0.05) is 13.1 Å². The van der Waals surface area contributed by atoms with Gasteiger partial charge in [-0.05, 0) is 11.1 Å². The van der Waals surface area contributed by atoms with Crippen molar-refractivity contribution in [1.82, 2.24) is 16.0 Å². The molecule has 172 valence electrons. The van der Waals surface area contributed by atoms with Crippen LogP contribution in [0.2, 0.25) is 0 Å². The molecule has 1 heterocycles. The predicted octanol–water partition coefficient (Wildman–Crippen LogP) is 1.01. The van der Waals surface area contributed by atoms with Crippen LogP contribution in [-0.2, 0) is 37.0 Å². The van der Waals surface area contributed by atoms with Crippen LogP contribution in [0.1, 0.15) is 11.1 Å². The Morgan fingerprint density at radius 3 is 1.59 bits per heavy atom. The lowest BCUT2D eigenvalue weighted by molar-refractivity contribution is -0.132. The van der Waals surface area contributed by atoms with E-state index in [1.54, 1.807) is 0 Å². The molecule has 3 rings (SSSR count). The van der Waals surface area contributed by atoms with E-state index < -0.39 is 0 Å². The lowest BCUT2D eigenvalue weighted by Crippen LogP contribution is -2.52. The van der Waals surface area contributed by atoms with Crippen LogP contribution in [0.4, 0.5) is 0 Å². The molecule has 2 aromatic rings. The summed E-state index contributed by atoms with van der Waals surface area (Å²) >= 11 is 0. The van der Waals surface area contributed by atoms with Gasteiger partial charge in [-0.15, -0.1) is 0 Å². The summed E-state index contributed by atoms with van der Waals surface area (Å²) in [6.45, 7) is 2.27. The maximum Gasteiger partial charge on any atom is 0.246 e. The summed E-state index contributed by atoms with van der Waals surface area (Å²) in [5, 5.41) is 9.11. The average Bonchev–Trinajstić information content (AvgIpc) is 2.79. The van der Waals surface area contributed by atoms with E-state index >= 15 is 0 Å². The molecule has 2 amide bonds. The molecule has 2 aromatic carbocycles. The molecule has 1 aliphatic rings. The van der Waals surface area contributed by atoms with Gasteiger partial charge in [-0.25, -0.2) is 0 Å². The van der Waals surface area contributed by atoms with Crippen molar-refractivity contribution >= 4 is 11.8 Å². The Bertz CT molecular complexity index is 751. The van der Waals surface area contributed by atoms with E-state index in [1.165, 1.54) is 0 Å². The molecule has 2 unspecified atom stereocenters. The molecular formula is C24H31N3O5. The van der Waals surface area contributed by atoms with E-state index in [9.17, 15) is 9.59 Å². The SMILES string of the molecule is O=C1COCC(=O)NC(COCc2ccccc2)CNCC(COCc2ccccc2)N1. The number of benzene rings is 2. The number of ether oxygens (including phenoxy) is 3. The highest BCUT2D eigenvalue weighted by molar-refractivity contribution is 5.80. The van der Waals surface area contributed by atoms with Crippen LogP contribution in [0.3, 0.4) is 0 Å². The van der Waals surface area contributed by atoms with Crippen LogP contribution in [0.25, 0.3) is 0 Å². The van der Waals surface area contributed by atoms with Crippen molar-refractivity contribution in [1.29, 1.82) is 0 Å². The van der Waals surface area contributed by atoms with Gasteiger partial charge in [0.25, 0.3) is 0 Å². The highest BCUT2D eigenvalue weighted by Gasteiger charge is 2.18. The molecular weight excluding hydrogens is 410 g/mol. The molecule has 32 heavy (non-hydrogen) atoms. The molecule has 1 aliphatic heterocycles. The molecule has 0 bridgehead atoms. The Morgan fingerprint density at radius 1 is 0.719 bits per heavy atom. The minimum Gasteiger partial charge on any atom is -0.375 e. The second kappa shape index (κ2) is 13.6. The van der Waals surface area contributed by atoms with Crippen LogP contribution < -0.4 is 16.0 Å². The van der Waals surface area contributed by atoms with E-state index in [0.717, 1.165) is 11.1 Å². The van der Waals surface area contributed by atoms with Crippen LogP contribution in [0.5, 0.6) is 0 Å². The summed E-state index contributed by atoms with van der Waals surface area (Å²) in [4.78, 5) is 24.2. The number of rotatable bonds is 8. The van der Waals surface area contributed by atoms with Crippen molar-refractivity contribution < 1.29 is 23.8 Å². The van der Waals surface area contributed by atoms with Crippen molar-refractivity contribution in [2.75, 3.05) is 39.5 Å².